The Balaban J connectivity index is 0. The molecule has 0 aliphatic carbocycles. The molecular formula is C11H17N3O3. The number of hydrogen-bond acceptors (Lipinski definition) is 3. The van der Waals surface area contributed by atoms with Crippen LogP contribution in [0.25, 0.3) is 0 Å². The number of carbonyl (C=O) groups excluding carboxylic acids is 3. The van der Waals surface area contributed by atoms with Gasteiger partial charge in [0.05, 0.1) is 0 Å². The average Bonchev–Trinajstić information content (AvgIpc) is 2.34. The molecule has 0 unspecified atom stereocenters. The van der Waals surface area contributed by atoms with E-state index in [1.807, 2.05) is 0 Å². The quantitative estimate of drug-likeness (QED) is 0.420. The topological polar surface area (TPSA) is 101 Å². The van der Waals surface area contributed by atoms with Crippen molar-refractivity contribution in [2.45, 2.75) is 0 Å². The van der Waals surface area contributed by atoms with E-state index in [1.165, 1.54) is 12.2 Å². The van der Waals surface area contributed by atoms with E-state index in [4.69, 9.17) is 0 Å². The van der Waals surface area contributed by atoms with Crippen molar-refractivity contribution in [2.75, 3.05) is 13.1 Å². The summed E-state index contributed by atoms with van der Waals surface area (Å²) in [6.07, 6.45) is 3.41. The Morgan fingerprint density at radius 2 is 1.18 bits per heavy atom. The maximum Gasteiger partial charge on any atom is 0.243 e. The highest BCUT2D eigenvalue weighted by Gasteiger charge is 1.93. The molecule has 0 saturated carbocycles. The van der Waals surface area contributed by atoms with Gasteiger partial charge in [0.25, 0.3) is 0 Å². The number of nitrogens with one attached hydrogen (secondary N) is 2. The molecule has 0 aliphatic heterocycles. The van der Waals surface area contributed by atoms with E-state index < -0.39 is 5.91 Å². The molecule has 0 aromatic carbocycles. The fraction of sp³-hybridized carbons (Fsp3) is 0.182. The van der Waals surface area contributed by atoms with Gasteiger partial charge in [0.1, 0.15) is 0 Å². The van der Waals surface area contributed by atoms with Crippen molar-refractivity contribution in [3.8, 4) is 0 Å². The minimum absolute atomic E-state index is 0.247. The molecule has 0 fully saturated rings. The first-order chi connectivity index (χ1) is 7.97. The van der Waals surface area contributed by atoms with Crippen LogP contribution in [0.3, 0.4) is 0 Å². The van der Waals surface area contributed by atoms with Gasteiger partial charge in [-0.2, -0.15) is 0 Å². The third kappa shape index (κ3) is 16.3. The summed E-state index contributed by atoms with van der Waals surface area (Å²) < 4.78 is 0. The molecule has 6 nitrogen and oxygen atoms in total. The van der Waals surface area contributed by atoms with E-state index >= 15 is 0 Å². The van der Waals surface area contributed by atoms with E-state index in [0.29, 0.717) is 13.1 Å². The van der Waals surface area contributed by atoms with Crippen molar-refractivity contribution in [1.82, 2.24) is 10.6 Å². The van der Waals surface area contributed by atoms with Crippen molar-refractivity contribution < 1.29 is 14.4 Å². The first kappa shape index (κ1) is 17.0. The number of primary amides is 1. The molecule has 0 aliphatic rings. The lowest BCUT2D eigenvalue weighted by molar-refractivity contribution is -0.118. The van der Waals surface area contributed by atoms with Gasteiger partial charge in [0.15, 0.2) is 0 Å². The van der Waals surface area contributed by atoms with Crippen molar-refractivity contribution in [3.05, 3.63) is 38.0 Å². The van der Waals surface area contributed by atoms with Gasteiger partial charge in [0.2, 0.25) is 17.7 Å². The summed E-state index contributed by atoms with van der Waals surface area (Å²) in [5.41, 5.74) is 4.53. The minimum atomic E-state index is -0.481. The molecule has 4 N–H and O–H groups in total. The van der Waals surface area contributed by atoms with Crippen molar-refractivity contribution >= 4 is 17.7 Å². The summed E-state index contributed by atoms with van der Waals surface area (Å²) in [5.74, 6) is -0.976. The first-order valence-corrected chi connectivity index (χ1v) is 4.70. The van der Waals surface area contributed by atoms with Crippen molar-refractivity contribution in [3.63, 3.8) is 0 Å². The Kier molecular flexibility index (Phi) is 11.7. The van der Waals surface area contributed by atoms with Crippen LogP contribution in [-0.2, 0) is 14.4 Å². The highest BCUT2D eigenvalue weighted by atomic mass is 16.2. The second kappa shape index (κ2) is 11.7. The molecule has 0 saturated heterocycles. The number of nitrogens with two attached hydrogens (primary N) is 1. The van der Waals surface area contributed by atoms with Crippen LogP contribution in [0, 0.1) is 0 Å². The highest BCUT2D eigenvalue weighted by molar-refractivity contribution is 5.87. The molecule has 0 bridgehead atoms. The van der Waals surface area contributed by atoms with E-state index in [1.54, 1.807) is 0 Å². The normalized spacial score (nSPS) is 7.76. The Labute approximate surface area is 100 Å². The number of amides is 3. The van der Waals surface area contributed by atoms with Crippen molar-refractivity contribution in [2.24, 2.45) is 5.73 Å². The summed E-state index contributed by atoms with van der Waals surface area (Å²) in [6.45, 7) is 10.4. The smallest absolute Gasteiger partial charge is 0.243 e. The number of rotatable bonds is 6. The largest absolute Gasteiger partial charge is 0.366 e. The van der Waals surface area contributed by atoms with E-state index in [0.717, 1.165) is 6.08 Å². The molecule has 0 aromatic rings. The lowest BCUT2D eigenvalue weighted by Gasteiger charge is -2.01. The summed E-state index contributed by atoms with van der Waals surface area (Å²) in [6, 6.07) is 0. The lowest BCUT2D eigenvalue weighted by atomic mass is 10.5. The molecule has 0 rings (SSSR count). The standard InChI is InChI=1S/C8H12N2O2.C3H5NO/c1-3-7(11)9-5-6-10-8(12)4-2;1-2-3(4)5/h3-4H,1-2,5-6H2,(H,9,11)(H,10,12);2H,1H2,(H2,4,5). The van der Waals surface area contributed by atoms with Crippen LogP contribution in [-0.4, -0.2) is 30.8 Å². The zero-order valence-electron chi connectivity index (χ0n) is 9.57. The van der Waals surface area contributed by atoms with E-state index in [-0.39, 0.29) is 11.8 Å². The summed E-state index contributed by atoms with van der Waals surface area (Å²) >= 11 is 0. The van der Waals surface area contributed by atoms with Gasteiger partial charge in [-0.25, -0.2) is 0 Å². The van der Waals surface area contributed by atoms with Crippen LogP contribution in [0.4, 0.5) is 0 Å². The zero-order valence-corrected chi connectivity index (χ0v) is 9.57. The van der Waals surface area contributed by atoms with Crippen LogP contribution in [0.2, 0.25) is 0 Å². The average molecular weight is 239 g/mol. The second-order valence-electron chi connectivity index (χ2n) is 2.60. The molecule has 0 atom stereocenters. The third-order valence-electron chi connectivity index (χ3n) is 1.30. The summed E-state index contributed by atoms with van der Waals surface area (Å²) in [5, 5.41) is 5.01. The maximum atomic E-state index is 10.6. The van der Waals surface area contributed by atoms with Crippen LogP contribution >= 0.6 is 0 Å². The Hall–Kier alpha value is -2.37. The van der Waals surface area contributed by atoms with Crippen LogP contribution in [0.5, 0.6) is 0 Å². The van der Waals surface area contributed by atoms with E-state index in [2.05, 4.69) is 36.1 Å². The van der Waals surface area contributed by atoms with Gasteiger partial charge in [-0.15, -0.1) is 0 Å². The number of hydrogen-bond donors (Lipinski definition) is 3. The summed E-state index contributed by atoms with van der Waals surface area (Å²) in [7, 11) is 0. The van der Waals surface area contributed by atoms with Crippen LogP contribution in [0.1, 0.15) is 0 Å². The highest BCUT2D eigenvalue weighted by Crippen LogP contribution is 1.67. The fourth-order valence-electron chi connectivity index (χ4n) is 0.516. The molecule has 94 valence electrons. The van der Waals surface area contributed by atoms with Gasteiger partial charge >= 0.3 is 0 Å². The second-order valence-corrected chi connectivity index (χ2v) is 2.60. The zero-order chi connectivity index (χ0) is 13.7. The Morgan fingerprint density at radius 1 is 0.882 bits per heavy atom. The Morgan fingerprint density at radius 3 is 1.35 bits per heavy atom. The van der Waals surface area contributed by atoms with Crippen molar-refractivity contribution in [1.29, 1.82) is 0 Å². The van der Waals surface area contributed by atoms with Crippen LogP contribution in [0.15, 0.2) is 38.0 Å². The monoisotopic (exact) mass is 239 g/mol. The fourth-order valence-corrected chi connectivity index (χ4v) is 0.516. The first-order valence-electron chi connectivity index (χ1n) is 4.70. The molecule has 0 aromatic heterocycles. The molecule has 0 heterocycles. The van der Waals surface area contributed by atoms with Gasteiger partial charge in [-0.1, -0.05) is 19.7 Å². The molecular weight excluding hydrogens is 222 g/mol. The SMILES string of the molecule is C=CC(=O)NCCNC(=O)C=C.C=CC(N)=O. The Bertz CT molecular complexity index is 289. The predicted octanol–water partition coefficient (Wildman–Crippen LogP) is -0.751. The number of carbonyl (C=O) groups is 3. The molecule has 17 heavy (non-hydrogen) atoms. The van der Waals surface area contributed by atoms with Gasteiger partial charge < -0.3 is 16.4 Å². The molecule has 3 amide bonds. The molecule has 6 heteroatoms. The van der Waals surface area contributed by atoms with Gasteiger partial charge in [0, 0.05) is 13.1 Å². The maximum absolute atomic E-state index is 10.6. The molecule has 0 radical (unpaired) electrons. The lowest BCUT2D eigenvalue weighted by Crippen LogP contribution is -2.32. The van der Waals surface area contributed by atoms with E-state index in [9.17, 15) is 14.4 Å². The predicted molar refractivity (Wildman–Crippen MR) is 65.8 cm³/mol. The van der Waals surface area contributed by atoms with Crippen LogP contribution < -0.4 is 16.4 Å². The minimum Gasteiger partial charge on any atom is -0.366 e. The third-order valence-corrected chi connectivity index (χ3v) is 1.30. The summed E-state index contributed by atoms with van der Waals surface area (Å²) in [4.78, 5) is 30.6. The molecule has 0 spiro atoms. The van der Waals surface area contributed by atoms with Gasteiger partial charge in [-0.05, 0) is 18.2 Å². The van der Waals surface area contributed by atoms with Gasteiger partial charge in [-0.3, -0.25) is 14.4 Å².